The van der Waals surface area contributed by atoms with Gasteiger partial charge in [-0.25, -0.2) is 0 Å². The lowest BCUT2D eigenvalue weighted by Crippen LogP contribution is -2.43. The average molecular weight is 464 g/mol. The second-order valence-corrected chi connectivity index (χ2v) is 10.6. The van der Waals surface area contributed by atoms with E-state index in [4.69, 9.17) is 9.47 Å². The second kappa shape index (κ2) is 8.57. The number of anilines is 1. The zero-order chi connectivity index (χ0) is 22.5. The van der Waals surface area contributed by atoms with Gasteiger partial charge in [0.15, 0.2) is 0 Å². The molecule has 33 heavy (non-hydrogen) atoms. The number of ether oxygens (including phenoxy) is 2. The summed E-state index contributed by atoms with van der Waals surface area (Å²) in [5.74, 6) is 1.55. The first-order valence-electron chi connectivity index (χ1n) is 12.2. The Balaban J connectivity index is 1.28. The van der Waals surface area contributed by atoms with Gasteiger partial charge in [-0.1, -0.05) is 13.0 Å². The van der Waals surface area contributed by atoms with Gasteiger partial charge in [0.05, 0.1) is 32.2 Å². The van der Waals surface area contributed by atoms with Crippen molar-refractivity contribution in [1.82, 2.24) is 9.47 Å². The summed E-state index contributed by atoms with van der Waals surface area (Å²) in [5.41, 5.74) is 7.10. The molecule has 0 saturated carbocycles. The van der Waals surface area contributed by atoms with Crippen LogP contribution in [0.2, 0.25) is 0 Å². The van der Waals surface area contributed by atoms with Crippen LogP contribution in [-0.4, -0.2) is 54.8 Å². The number of morpholine rings is 1. The van der Waals surface area contributed by atoms with E-state index in [0.717, 1.165) is 51.6 Å². The minimum absolute atomic E-state index is 0.547. The maximum atomic E-state index is 5.61. The number of fused-ring (bicyclic) bond motifs is 4. The fourth-order valence-corrected chi connectivity index (χ4v) is 7.63. The van der Waals surface area contributed by atoms with Crippen LogP contribution in [0.4, 0.5) is 5.69 Å². The lowest BCUT2D eigenvalue weighted by atomic mass is 9.95. The highest BCUT2D eigenvalue weighted by Gasteiger charge is 2.37. The molecule has 2 aromatic carbocycles. The molecule has 2 atom stereocenters. The first kappa shape index (κ1) is 21.4. The molecule has 1 fully saturated rings. The molecular weight excluding hydrogens is 430 g/mol. The standard InChI is InChI=1S/C27H33N3O2S/c1-4-20-22-7-5-18(15-26(22)33-27(20)29-11-13-32-14-12-29)30-10-9-21-23-16-19(31-3)6-8-24(23)28(2)25(21)17-30/h5-8,15-16,20,27H,4,9-14,17H2,1-3H3. The van der Waals surface area contributed by atoms with Crippen molar-refractivity contribution in [3.63, 3.8) is 0 Å². The molecule has 3 aromatic rings. The van der Waals surface area contributed by atoms with Gasteiger partial charge in [0.25, 0.3) is 0 Å². The van der Waals surface area contributed by atoms with E-state index in [1.807, 2.05) is 0 Å². The molecule has 6 heteroatoms. The fraction of sp³-hybridized carbons (Fsp3) is 0.481. The average Bonchev–Trinajstić information content (AvgIpc) is 3.38. The van der Waals surface area contributed by atoms with Gasteiger partial charge in [0, 0.05) is 59.8 Å². The summed E-state index contributed by atoms with van der Waals surface area (Å²) < 4.78 is 13.5. The van der Waals surface area contributed by atoms with Crippen LogP contribution in [-0.2, 0) is 24.8 Å². The van der Waals surface area contributed by atoms with Crippen LogP contribution < -0.4 is 9.64 Å². The van der Waals surface area contributed by atoms with E-state index < -0.39 is 0 Å². The highest BCUT2D eigenvalue weighted by atomic mass is 32.2. The number of nitrogens with zero attached hydrogens (tertiary/aromatic N) is 3. The van der Waals surface area contributed by atoms with Crippen molar-refractivity contribution in [1.29, 1.82) is 0 Å². The van der Waals surface area contributed by atoms with Gasteiger partial charge >= 0.3 is 0 Å². The third-order valence-corrected chi connectivity index (χ3v) is 9.29. The highest BCUT2D eigenvalue weighted by Crippen LogP contribution is 2.49. The van der Waals surface area contributed by atoms with Crippen LogP contribution in [0.25, 0.3) is 10.9 Å². The molecule has 0 bridgehead atoms. The molecular formula is C27H33N3O2S. The number of aromatic nitrogens is 1. The Kier molecular flexibility index (Phi) is 5.55. The maximum Gasteiger partial charge on any atom is 0.119 e. The Labute approximate surface area is 200 Å². The van der Waals surface area contributed by atoms with Gasteiger partial charge in [-0.05, 0) is 54.3 Å². The van der Waals surface area contributed by atoms with E-state index in [2.05, 4.69) is 76.5 Å². The largest absolute Gasteiger partial charge is 0.497 e. The Morgan fingerprint density at radius 2 is 1.94 bits per heavy atom. The molecule has 2 unspecified atom stereocenters. The Morgan fingerprint density at radius 3 is 2.73 bits per heavy atom. The summed E-state index contributed by atoms with van der Waals surface area (Å²) in [6.45, 7) is 8.17. The summed E-state index contributed by atoms with van der Waals surface area (Å²) >= 11 is 2.07. The second-order valence-electron chi connectivity index (χ2n) is 9.43. The van der Waals surface area contributed by atoms with E-state index in [9.17, 15) is 0 Å². The molecule has 1 aromatic heterocycles. The fourth-order valence-electron chi connectivity index (χ4n) is 5.96. The smallest absolute Gasteiger partial charge is 0.119 e. The summed E-state index contributed by atoms with van der Waals surface area (Å²) in [4.78, 5) is 6.67. The van der Waals surface area contributed by atoms with Crippen LogP contribution in [0, 0.1) is 0 Å². The third-order valence-electron chi connectivity index (χ3n) is 7.81. The van der Waals surface area contributed by atoms with E-state index in [1.54, 1.807) is 7.11 Å². The molecule has 1 saturated heterocycles. The van der Waals surface area contributed by atoms with Crippen molar-refractivity contribution in [3.8, 4) is 5.75 Å². The van der Waals surface area contributed by atoms with Gasteiger partial charge in [0.1, 0.15) is 5.75 Å². The van der Waals surface area contributed by atoms with Crippen LogP contribution in [0.3, 0.4) is 0 Å². The molecule has 3 aliphatic rings. The topological polar surface area (TPSA) is 29.9 Å². The van der Waals surface area contributed by atoms with Crippen LogP contribution in [0.1, 0.15) is 36.1 Å². The monoisotopic (exact) mass is 463 g/mol. The molecule has 6 rings (SSSR count). The number of aryl methyl sites for hydroxylation is 1. The molecule has 5 nitrogen and oxygen atoms in total. The Morgan fingerprint density at radius 1 is 1.09 bits per heavy atom. The van der Waals surface area contributed by atoms with Crippen molar-refractivity contribution in [2.45, 2.75) is 42.5 Å². The van der Waals surface area contributed by atoms with Gasteiger partial charge in [-0.3, -0.25) is 4.90 Å². The zero-order valence-corrected chi connectivity index (χ0v) is 20.7. The number of rotatable bonds is 4. The lowest BCUT2D eigenvalue weighted by molar-refractivity contribution is 0.0290. The van der Waals surface area contributed by atoms with Gasteiger partial charge < -0.3 is 18.9 Å². The van der Waals surface area contributed by atoms with Gasteiger partial charge in [-0.2, -0.15) is 0 Å². The SMILES string of the molecule is CCC1c2ccc(N3CCc4c(n(C)c5ccc(OC)cc45)C3)cc2SC1N1CCOCC1. The summed E-state index contributed by atoms with van der Waals surface area (Å²) in [6, 6.07) is 13.7. The number of benzene rings is 2. The van der Waals surface area contributed by atoms with Crippen molar-refractivity contribution in [2.24, 2.45) is 7.05 Å². The molecule has 174 valence electrons. The Bertz CT molecular complexity index is 1180. The molecule has 0 amide bonds. The predicted molar refractivity (Wildman–Crippen MR) is 136 cm³/mol. The predicted octanol–water partition coefficient (Wildman–Crippen LogP) is 5.01. The van der Waals surface area contributed by atoms with E-state index in [-0.39, 0.29) is 0 Å². The Hall–Kier alpha value is -2.15. The number of thioether (sulfide) groups is 1. The van der Waals surface area contributed by atoms with Crippen molar-refractivity contribution >= 4 is 28.4 Å². The highest BCUT2D eigenvalue weighted by molar-refractivity contribution is 8.00. The van der Waals surface area contributed by atoms with Gasteiger partial charge in [0.2, 0.25) is 0 Å². The van der Waals surface area contributed by atoms with Crippen molar-refractivity contribution in [3.05, 3.63) is 53.2 Å². The van der Waals surface area contributed by atoms with Gasteiger partial charge in [-0.15, -0.1) is 11.8 Å². The van der Waals surface area contributed by atoms with Crippen LogP contribution in [0.5, 0.6) is 5.75 Å². The van der Waals surface area contributed by atoms with Crippen LogP contribution >= 0.6 is 11.8 Å². The van der Waals surface area contributed by atoms with E-state index in [1.165, 1.54) is 44.7 Å². The minimum atomic E-state index is 0.547. The van der Waals surface area contributed by atoms with Crippen molar-refractivity contribution < 1.29 is 9.47 Å². The number of hydrogen-bond donors (Lipinski definition) is 0. The molecule has 3 aliphatic heterocycles. The molecule has 0 N–H and O–H groups in total. The first-order chi connectivity index (χ1) is 16.2. The summed E-state index contributed by atoms with van der Waals surface area (Å²) in [5, 5.41) is 1.89. The molecule has 4 heterocycles. The molecule has 0 spiro atoms. The van der Waals surface area contributed by atoms with Crippen LogP contribution in [0.15, 0.2) is 41.3 Å². The summed E-state index contributed by atoms with van der Waals surface area (Å²) in [6.07, 6.45) is 2.26. The molecule has 0 aliphatic carbocycles. The van der Waals surface area contributed by atoms with E-state index in [0.29, 0.717) is 11.3 Å². The normalized spacial score (nSPS) is 23.1. The first-order valence-corrected chi connectivity index (χ1v) is 13.1. The maximum absolute atomic E-state index is 5.61. The third kappa shape index (κ3) is 3.54. The lowest BCUT2D eigenvalue weighted by Gasteiger charge is -2.34. The van der Waals surface area contributed by atoms with E-state index >= 15 is 0 Å². The number of hydrogen-bond acceptors (Lipinski definition) is 5. The minimum Gasteiger partial charge on any atom is -0.497 e. The number of methoxy groups -OCH3 is 1. The van der Waals surface area contributed by atoms with Crippen molar-refractivity contribution in [2.75, 3.05) is 44.9 Å². The zero-order valence-electron chi connectivity index (χ0n) is 19.8. The quantitative estimate of drug-likeness (QED) is 0.543. The molecule has 0 radical (unpaired) electrons. The summed E-state index contributed by atoms with van der Waals surface area (Å²) in [7, 11) is 3.95.